The molecule has 3 aromatic rings. The predicted octanol–water partition coefficient (Wildman–Crippen LogP) is 3.35. The van der Waals surface area contributed by atoms with Crippen molar-refractivity contribution in [2.45, 2.75) is 13.3 Å². The topological polar surface area (TPSA) is 71.2 Å². The average Bonchev–Trinajstić information content (AvgIpc) is 3.19. The number of carbonyl (C=O) groups is 1. The minimum absolute atomic E-state index is 0.331. The number of hydrogen-bond acceptors (Lipinski definition) is 6. The summed E-state index contributed by atoms with van der Waals surface area (Å²) in [5.41, 5.74) is 2.18. The van der Waals surface area contributed by atoms with Crippen LogP contribution in [-0.2, 0) is 4.74 Å². The van der Waals surface area contributed by atoms with Gasteiger partial charge in [0.25, 0.3) is 0 Å². The van der Waals surface area contributed by atoms with Crippen molar-refractivity contribution in [3.63, 3.8) is 0 Å². The fourth-order valence-corrected chi connectivity index (χ4v) is 3.88. The highest BCUT2D eigenvalue weighted by molar-refractivity contribution is 7.21. The van der Waals surface area contributed by atoms with Crippen LogP contribution in [0.3, 0.4) is 0 Å². The van der Waals surface area contributed by atoms with E-state index in [4.69, 9.17) is 4.74 Å². The molecule has 0 spiro atoms. The van der Waals surface area contributed by atoms with Crippen molar-refractivity contribution in [1.29, 1.82) is 5.26 Å². The quantitative estimate of drug-likeness (QED) is 0.674. The molecule has 7 heteroatoms. The van der Waals surface area contributed by atoms with Gasteiger partial charge in [-0.25, -0.2) is 9.48 Å². The molecule has 2 aromatic heterocycles. The molecule has 0 N–H and O–H groups in total. The first-order valence-corrected chi connectivity index (χ1v) is 8.96. The lowest BCUT2D eigenvalue weighted by Crippen LogP contribution is -2.36. The van der Waals surface area contributed by atoms with Crippen molar-refractivity contribution in [2.75, 3.05) is 24.6 Å². The third-order valence-electron chi connectivity index (χ3n) is 4.25. The molecule has 1 aliphatic heterocycles. The Morgan fingerprint density at radius 3 is 2.92 bits per heavy atom. The number of carbonyl (C=O) groups excluding carboxylic acids is 1. The van der Waals surface area contributed by atoms with Gasteiger partial charge in [0.05, 0.1) is 28.6 Å². The van der Waals surface area contributed by atoms with E-state index < -0.39 is 0 Å². The number of ether oxygens (including phenoxy) is 1. The molecule has 0 aliphatic carbocycles. The Hall–Kier alpha value is -2.85. The second-order valence-electron chi connectivity index (χ2n) is 5.84. The maximum Gasteiger partial charge on any atom is 0.341 e. The molecule has 0 radical (unpaired) electrons. The Labute approximate surface area is 148 Å². The molecule has 0 atom stereocenters. The molecule has 25 heavy (non-hydrogen) atoms. The van der Waals surface area contributed by atoms with E-state index in [1.54, 1.807) is 17.8 Å². The molecule has 1 aliphatic rings. The number of aromatic nitrogens is 2. The van der Waals surface area contributed by atoms with Crippen molar-refractivity contribution in [3.05, 3.63) is 41.7 Å². The molecule has 0 bridgehead atoms. The van der Waals surface area contributed by atoms with Crippen LogP contribution in [0.15, 0.2) is 30.6 Å². The number of hydrogen-bond donors (Lipinski definition) is 0. The van der Waals surface area contributed by atoms with Crippen LogP contribution < -0.4 is 4.90 Å². The highest BCUT2D eigenvalue weighted by Crippen LogP contribution is 2.35. The van der Waals surface area contributed by atoms with Crippen molar-refractivity contribution >= 4 is 33.1 Å². The number of esters is 1. The van der Waals surface area contributed by atoms with Gasteiger partial charge in [-0.3, -0.25) is 0 Å². The Balaban J connectivity index is 1.74. The highest BCUT2D eigenvalue weighted by atomic mass is 32.1. The largest absolute Gasteiger partial charge is 0.462 e. The number of benzene rings is 1. The summed E-state index contributed by atoms with van der Waals surface area (Å²) in [4.78, 5) is 14.1. The Bertz CT molecular complexity index is 994. The summed E-state index contributed by atoms with van der Waals surface area (Å²) in [6.07, 6.45) is 4.35. The van der Waals surface area contributed by atoms with Gasteiger partial charge in [0.15, 0.2) is 0 Å². The van der Waals surface area contributed by atoms with Crippen LogP contribution in [0.4, 0.5) is 5.69 Å². The first-order valence-electron chi connectivity index (χ1n) is 8.14. The molecule has 1 aromatic carbocycles. The van der Waals surface area contributed by atoms with Gasteiger partial charge in [0, 0.05) is 25.0 Å². The van der Waals surface area contributed by atoms with E-state index in [0.29, 0.717) is 17.7 Å². The van der Waals surface area contributed by atoms with Gasteiger partial charge in [0.2, 0.25) is 0 Å². The van der Waals surface area contributed by atoms with Crippen LogP contribution in [0.5, 0.6) is 0 Å². The normalized spacial score (nSPS) is 13.5. The van der Waals surface area contributed by atoms with Crippen LogP contribution in [0, 0.1) is 11.3 Å². The summed E-state index contributed by atoms with van der Waals surface area (Å²) in [5, 5.41) is 15.6. The van der Waals surface area contributed by atoms with Gasteiger partial charge >= 0.3 is 5.97 Å². The number of anilines is 1. The predicted molar refractivity (Wildman–Crippen MR) is 96.4 cm³/mol. The van der Waals surface area contributed by atoms with Gasteiger partial charge in [-0.1, -0.05) is 0 Å². The highest BCUT2D eigenvalue weighted by Gasteiger charge is 2.18. The van der Waals surface area contributed by atoms with E-state index in [0.717, 1.165) is 33.9 Å². The van der Waals surface area contributed by atoms with E-state index in [9.17, 15) is 10.1 Å². The summed E-state index contributed by atoms with van der Waals surface area (Å²) >= 11 is 1.49. The number of fused-ring (bicyclic) bond motifs is 1. The Morgan fingerprint density at radius 1 is 1.40 bits per heavy atom. The van der Waals surface area contributed by atoms with Gasteiger partial charge < -0.3 is 9.64 Å². The van der Waals surface area contributed by atoms with Gasteiger partial charge in [-0.05, 0) is 36.9 Å². The van der Waals surface area contributed by atoms with Gasteiger partial charge in [-0.15, -0.1) is 11.3 Å². The minimum atomic E-state index is -0.382. The summed E-state index contributed by atoms with van der Waals surface area (Å²) < 4.78 is 7.59. The monoisotopic (exact) mass is 352 g/mol. The number of rotatable bonds is 4. The molecular weight excluding hydrogens is 336 g/mol. The number of thiophene rings is 1. The van der Waals surface area contributed by atoms with Crippen LogP contribution in [-0.4, -0.2) is 35.4 Å². The average molecular weight is 352 g/mol. The molecule has 1 fully saturated rings. The smallest absolute Gasteiger partial charge is 0.341 e. The molecule has 6 nitrogen and oxygen atoms in total. The summed E-state index contributed by atoms with van der Waals surface area (Å²) in [6, 6.07) is 8.37. The third-order valence-corrected chi connectivity index (χ3v) is 5.42. The van der Waals surface area contributed by atoms with Crippen LogP contribution in [0.25, 0.3) is 15.1 Å². The van der Waals surface area contributed by atoms with Crippen LogP contribution in [0.2, 0.25) is 0 Å². The van der Waals surface area contributed by atoms with Gasteiger partial charge in [0.1, 0.15) is 11.1 Å². The summed E-state index contributed by atoms with van der Waals surface area (Å²) in [7, 11) is 0. The first-order chi connectivity index (χ1) is 12.2. The minimum Gasteiger partial charge on any atom is -0.462 e. The number of nitriles is 1. The molecule has 4 rings (SSSR count). The van der Waals surface area contributed by atoms with Gasteiger partial charge in [-0.2, -0.15) is 10.4 Å². The Kier molecular flexibility index (Phi) is 3.90. The van der Waals surface area contributed by atoms with Crippen molar-refractivity contribution in [2.24, 2.45) is 0 Å². The zero-order valence-corrected chi connectivity index (χ0v) is 14.5. The van der Waals surface area contributed by atoms with Crippen LogP contribution >= 0.6 is 11.3 Å². The fraction of sp³-hybridized carbons (Fsp3) is 0.278. The Morgan fingerprint density at radius 2 is 2.24 bits per heavy atom. The zero-order chi connectivity index (χ0) is 17.4. The first kappa shape index (κ1) is 15.7. The zero-order valence-electron chi connectivity index (χ0n) is 13.7. The van der Waals surface area contributed by atoms with E-state index in [1.807, 2.05) is 12.1 Å². The third kappa shape index (κ3) is 2.75. The van der Waals surface area contributed by atoms with Crippen LogP contribution in [0.1, 0.15) is 29.3 Å². The summed E-state index contributed by atoms with van der Waals surface area (Å²) in [5.74, 6) is -0.382. The second kappa shape index (κ2) is 6.22. The second-order valence-corrected chi connectivity index (χ2v) is 6.87. The lowest BCUT2D eigenvalue weighted by atomic mass is 10.1. The molecule has 1 saturated heterocycles. The van der Waals surface area contributed by atoms with Crippen molar-refractivity contribution in [3.8, 4) is 11.1 Å². The standard InChI is InChI=1S/C18H16N4O2S/c1-2-24-18(23)14-10-20-22(11-14)16-8-12-6-15(21-4-3-5-21)7-13(9-19)17(12)25-16/h6-8,10-11H,2-5H2,1H3. The van der Waals surface area contributed by atoms with E-state index in [1.165, 1.54) is 24.0 Å². The molecule has 0 unspecified atom stereocenters. The van der Waals surface area contributed by atoms with E-state index in [2.05, 4.69) is 22.1 Å². The fourth-order valence-electron chi connectivity index (χ4n) is 2.84. The molecule has 3 heterocycles. The molecule has 0 saturated carbocycles. The summed E-state index contributed by atoms with van der Waals surface area (Å²) in [6.45, 7) is 4.18. The number of nitrogens with zero attached hydrogens (tertiary/aromatic N) is 4. The lowest BCUT2D eigenvalue weighted by Gasteiger charge is -2.33. The maximum atomic E-state index is 11.8. The molecule has 0 amide bonds. The SMILES string of the molecule is CCOC(=O)c1cnn(-c2cc3cc(N4CCC4)cc(C#N)c3s2)c1. The van der Waals surface area contributed by atoms with Crippen molar-refractivity contribution < 1.29 is 9.53 Å². The lowest BCUT2D eigenvalue weighted by molar-refractivity contribution is 0.0526. The molecule has 126 valence electrons. The molecular formula is C18H16N4O2S. The maximum absolute atomic E-state index is 11.8. The van der Waals surface area contributed by atoms with E-state index in [-0.39, 0.29) is 5.97 Å². The van der Waals surface area contributed by atoms with E-state index >= 15 is 0 Å². The van der Waals surface area contributed by atoms with Crippen molar-refractivity contribution in [1.82, 2.24) is 9.78 Å².